The van der Waals surface area contributed by atoms with Crippen LogP contribution in [0.2, 0.25) is 0 Å². The average Bonchev–Trinajstić information content (AvgIpc) is 2.47. The van der Waals surface area contributed by atoms with Crippen LogP contribution >= 0.6 is 0 Å². The minimum atomic E-state index is -0.176. The summed E-state index contributed by atoms with van der Waals surface area (Å²) in [5.41, 5.74) is 0.349. The molecule has 0 spiro atoms. The Kier molecular flexibility index (Phi) is 7.57. The van der Waals surface area contributed by atoms with E-state index < -0.39 is 0 Å². The van der Waals surface area contributed by atoms with Crippen molar-refractivity contribution in [1.29, 1.82) is 0 Å². The van der Waals surface area contributed by atoms with Crippen LogP contribution in [-0.4, -0.2) is 53.5 Å². The molecule has 0 fully saturated rings. The molecule has 2 N–H and O–H groups in total. The second kappa shape index (κ2) is 9.25. The molecule has 0 aliphatic rings. The zero-order valence-electron chi connectivity index (χ0n) is 12.6. The molecule has 0 aliphatic carbocycles. The number of hydrogen-bond acceptors (Lipinski definition) is 5. The summed E-state index contributed by atoms with van der Waals surface area (Å²) in [6, 6.07) is 0. The third-order valence-corrected chi connectivity index (χ3v) is 2.93. The van der Waals surface area contributed by atoms with Gasteiger partial charge >= 0.3 is 0 Å². The van der Waals surface area contributed by atoms with E-state index >= 15 is 0 Å². The van der Waals surface area contributed by atoms with Crippen molar-refractivity contribution in [3.63, 3.8) is 0 Å². The van der Waals surface area contributed by atoms with Gasteiger partial charge in [-0.1, -0.05) is 13.8 Å². The summed E-state index contributed by atoms with van der Waals surface area (Å²) in [4.78, 5) is 22.5. The number of anilines is 1. The number of carbonyl (C=O) groups excluding carboxylic acids is 1. The fourth-order valence-corrected chi connectivity index (χ4v) is 1.90. The van der Waals surface area contributed by atoms with E-state index in [9.17, 15) is 4.79 Å². The highest BCUT2D eigenvalue weighted by molar-refractivity contribution is 5.92. The van der Waals surface area contributed by atoms with Crippen molar-refractivity contribution < 1.29 is 4.79 Å². The number of nitrogens with one attached hydrogen (secondary N) is 2. The molecule has 6 nitrogen and oxygen atoms in total. The van der Waals surface area contributed by atoms with Crippen LogP contribution in [0.25, 0.3) is 0 Å². The van der Waals surface area contributed by atoms with Crippen LogP contribution in [-0.2, 0) is 0 Å². The molecule has 112 valence electrons. The highest BCUT2D eigenvalue weighted by atomic mass is 16.1. The molecule has 1 aromatic rings. The predicted octanol–water partition coefficient (Wildman–Crippen LogP) is 1.37. The first kappa shape index (κ1) is 16.4. The van der Waals surface area contributed by atoms with Crippen LogP contribution in [0, 0.1) is 0 Å². The average molecular weight is 279 g/mol. The van der Waals surface area contributed by atoms with Gasteiger partial charge < -0.3 is 15.5 Å². The fraction of sp³-hybridized carbons (Fsp3) is 0.643. The molecule has 0 saturated heterocycles. The molecule has 0 atom stereocenters. The van der Waals surface area contributed by atoms with Gasteiger partial charge in [-0.05, 0) is 26.4 Å². The van der Waals surface area contributed by atoms with E-state index in [-0.39, 0.29) is 5.91 Å². The predicted molar refractivity (Wildman–Crippen MR) is 80.9 cm³/mol. The number of aromatic nitrogens is 2. The van der Waals surface area contributed by atoms with E-state index in [2.05, 4.69) is 39.3 Å². The summed E-state index contributed by atoms with van der Waals surface area (Å²) in [7, 11) is 0. The number of hydrogen-bond donors (Lipinski definition) is 2. The lowest BCUT2D eigenvalue weighted by molar-refractivity contribution is 0.0943. The van der Waals surface area contributed by atoms with Crippen LogP contribution in [0.5, 0.6) is 0 Å². The Bertz CT molecular complexity index is 410. The molecular weight excluding hydrogens is 254 g/mol. The number of amides is 1. The molecule has 20 heavy (non-hydrogen) atoms. The summed E-state index contributed by atoms with van der Waals surface area (Å²) in [6.45, 7) is 10.5. The zero-order chi connectivity index (χ0) is 14.8. The Morgan fingerprint density at radius 3 is 2.70 bits per heavy atom. The maximum absolute atomic E-state index is 12.0. The van der Waals surface area contributed by atoms with Gasteiger partial charge in [0.2, 0.25) is 0 Å². The van der Waals surface area contributed by atoms with E-state index in [1.165, 1.54) is 6.20 Å². The van der Waals surface area contributed by atoms with Crippen LogP contribution in [0.1, 0.15) is 37.7 Å². The second-order valence-corrected chi connectivity index (χ2v) is 4.51. The van der Waals surface area contributed by atoms with Crippen LogP contribution in [0.4, 0.5) is 5.82 Å². The third kappa shape index (κ3) is 5.52. The van der Waals surface area contributed by atoms with E-state index in [0.29, 0.717) is 18.1 Å². The molecule has 0 radical (unpaired) electrons. The van der Waals surface area contributed by atoms with Gasteiger partial charge in [-0.3, -0.25) is 9.78 Å². The third-order valence-electron chi connectivity index (χ3n) is 2.93. The first-order valence-electron chi connectivity index (χ1n) is 7.27. The first-order chi connectivity index (χ1) is 9.71. The summed E-state index contributed by atoms with van der Waals surface area (Å²) >= 11 is 0. The van der Waals surface area contributed by atoms with Gasteiger partial charge in [0, 0.05) is 19.6 Å². The van der Waals surface area contributed by atoms with Crippen molar-refractivity contribution in [3.05, 3.63) is 18.1 Å². The van der Waals surface area contributed by atoms with Gasteiger partial charge in [0.1, 0.15) is 11.5 Å². The van der Waals surface area contributed by atoms with Gasteiger partial charge in [-0.25, -0.2) is 4.98 Å². The highest BCUT2D eigenvalue weighted by Crippen LogP contribution is 2.01. The number of carbonyl (C=O) groups is 1. The number of likely N-dealkylation sites (N-methyl/N-ethyl adjacent to an activating group) is 1. The molecule has 1 aromatic heterocycles. The Morgan fingerprint density at radius 2 is 2.05 bits per heavy atom. The van der Waals surface area contributed by atoms with Crippen molar-refractivity contribution in [2.24, 2.45) is 0 Å². The summed E-state index contributed by atoms with van der Waals surface area (Å²) in [5.74, 6) is 0.450. The molecule has 1 rings (SSSR count). The quantitative estimate of drug-likeness (QED) is 0.714. The Balaban J connectivity index is 2.44. The SMILES string of the molecule is CCCN(CC)CCNC(=O)c1cncc(NCC)n1. The summed E-state index contributed by atoms with van der Waals surface area (Å²) in [6.07, 6.45) is 4.22. The maximum Gasteiger partial charge on any atom is 0.271 e. The van der Waals surface area contributed by atoms with Crippen molar-refractivity contribution in [3.8, 4) is 0 Å². The smallest absolute Gasteiger partial charge is 0.271 e. The lowest BCUT2D eigenvalue weighted by atomic mass is 10.3. The van der Waals surface area contributed by atoms with Crippen LogP contribution < -0.4 is 10.6 Å². The number of nitrogens with zero attached hydrogens (tertiary/aromatic N) is 3. The van der Waals surface area contributed by atoms with Crippen LogP contribution in [0.3, 0.4) is 0 Å². The van der Waals surface area contributed by atoms with Gasteiger partial charge in [0.15, 0.2) is 0 Å². The van der Waals surface area contributed by atoms with E-state index in [1.807, 2.05) is 6.92 Å². The summed E-state index contributed by atoms with van der Waals surface area (Å²) in [5, 5.41) is 5.92. The second-order valence-electron chi connectivity index (χ2n) is 4.51. The Morgan fingerprint density at radius 1 is 1.25 bits per heavy atom. The van der Waals surface area contributed by atoms with Gasteiger partial charge in [-0.2, -0.15) is 0 Å². The summed E-state index contributed by atoms with van der Waals surface area (Å²) < 4.78 is 0. The van der Waals surface area contributed by atoms with Gasteiger partial charge in [0.05, 0.1) is 12.4 Å². The molecular formula is C14H25N5O. The van der Waals surface area contributed by atoms with Crippen molar-refractivity contribution >= 4 is 11.7 Å². The standard InChI is InChI=1S/C14H25N5O/c1-4-8-19(6-3)9-7-17-14(20)12-10-15-11-13(18-12)16-5-2/h10-11H,4-9H2,1-3H3,(H,16,18)(H,17,20). The van der Waals surface area contributed by atoms with Gasteiger partial charge in [-0.15, -0.1) is 0 Å². The zero-order valence-corrected chi connectivity index (χ0v) is 12.6. The Hall–Kier alpha value is -1.69. The first-order valence-corrected chi connectivity index (χ1v) is 7.27. The topological polar surface area (TPSA) is 70.2 Å². The molecule has 6 heteroatoms. The lowest BCUT2D eigenvalue weighted by Crippen LogP contribution is -2.35. The molecule has 0 aromatic carbocycles. The Labute approximate surface area is 121 Å². The normalized spacial score (nSPS) is 10.6. The number of rotatable bonds is 9. The molecule has 0 saturated carbocycles. The maximum atomic E-state index is 12.0. The van der Waals surface area contributed by atoms with Crippen molar-refractivity contribution in [1.82, 2.24) is 20.2 Å². The van der Waals surface area contributed by atoms with E-state index in [4.69, 9.17) is 0 Å². The van der Waals surface area contributed by atoms with Crippen molar-refractivity contribution in [2.75, 3.05) is 38.0 Å². The molecule has 1 amide bonds. The fourth-order valence-electron chi connectivity index (χ4n) is 1.90. The lowest BCUT2D eigenvalue weighted by Gasteiger charge is -2.19. The minimum Gasteiger partial charge on any atom is -0.369 e. The monoisotopic (exact) mass is 279 g/mol. The molecule has 0 unspecified atom stereocenters. The minimum absolute atomic E-state index is 0.176. The van der Waals surface area contributed by atoms with E-state index in [0.717, 1.165) is 32.6 Å². The largest absolute Gasteiger partial charge is 0.369 e. The molecule has 0 bridgehead atoms. The van der Waals surface area contributed by atoms with E-state index in [1.54, 1.807) is 6.20 Å². The highest BCUT2D eigenvalue weighted by Gasteiger charge is 2.09. The molecule has 1 heterocycles. The molecule has 0 aliphatic heterocycles. The van der Waals surface area contributed by atoms with Gasteiger partial charge in [0.25, 0.3) is 5.91 Å². The van der Waals surface area contributed by atoms with Crippen LogP contribution in [0.15, 0.2) is 12.4 Å². The van der Waals surface area contributed by atoms with Crippen molar-refractivity contribution in [2.45, 2.75) is 27.2 Å².